The van der Waals surface area contributed by atoms with Gasteiger partial charge in [0.1, 0.15) is 16.4 Å². The van der Waals surface area contributed by atoms with E-state index in [0.29, 0.717) is 11.6 Å². The van der Waals surface area contributed by atoms with E-state index in [-0.39, 0.29) is 23.1 Å². The summed E-state index contributed by atoms with van der Waals surface area (Å²) in [6.45, 7) is 1.86. The van der Waals surface area contributed by atoms with Crippen molar-refractivity contribution in [3.05, 3.63) is 53.9 Å². The number of ether oxygens (including phenoxy) is 2. The predicted molar refractivity (Wildman–Crippen MR) is 103 cm³/mol. The van der Waals surface area contributed by atoms with Gasteiger partial charge in [0.2, 0.25) is 21.7 Å². The molecule has 0 N–H and O–H groups in total. The Hall–Kier alpha value is -2.91. The summed E-state index contributed by atoms with van der Waals surface area (Å²) in [6, 6.07) is 12.2. The Kier molecular flexibility index (Phi) is 5.66. The lowest BCUT2D eigenvalue weighted by atomic mass is 10.1. The molecule has 148 valence electrons. The summed E-state index contributed by atoms with van der Waals surface area (Å²) in [4.78, 5) is 4.32. The normalized spacial score (nSPS) is 11.6. The van der Waals surface area contributed by atoms with Crippen LogP contribution in [-0.2, 0) is 16.6 Å². The molecule has 0 aliphatic carbocycles. The minimum absolute atomic E-state index is 0.00417. The standard InChI is InChI=1S/C19H21N3O5S/c1-13-7-5-6-8-15(13)19-20-18(27-21-19)12-22(2)28(23,24)17-11-14(25-3)9-10-16(17)26-4/h5-11H,12H2,1-4H3. The summed E-state index contributed by atoms with van der Waals surface area (Å²) in [5.41, 5.74) is 1.83. The van der Waals surface area contributed by atoms with E-state index < -0.39 is 10.0 Å². The number of hydrogen-bond acceptors (Lipinski definition) is 7. The zero-order valence-corrected chi connectivity index (χ0v) is 16.9. The van der Waals surface area contributed by atoms with Gasteiger partial charge in [0.05, 0.1) is 20.8 Å². The molecule has 3 aromatic rings. The van der Waals surface area contributed by atoms with Crippen LogP contribution in [0, 0.1) is 6.92 Å². The van der Waals surface area contributed by atoms with Crippen LogP contribution in [0.25, 0.3) is 11.4 Å². The number of aryl methyl sites for hydroxylation is 1. The van der Waals surface area contributed by atoms with Crippen LogP contribution in [0.15, 0.2) is 51.9 Å². The van der Waals surface area contributed by atoms with E-state index in [9.17, 15) is 8.42 Å². The number of nitrogens with zero attached hydrogens (tertiary/aromatic N) is 3. The zero-order valence-electron chi connectivity index (χ0n) is 16.0. The van der Waals surface area contributed by atoms with Gasteiger partial charge in [0.15, 0.2) is 0 Å². The van der Waals surface area contributed by atoms with Crippen molar-refractivity contribution in [2.75, 3.05) is 21.3 Å². The summed E-state index contributed by atoms with van der Waals surface area (Å²) in [5, 5.41) is 3.96. The number of rotatable bonds is 7. The monoisotopic (exact) mass is 403 g/mol. The molecule has 0 saturated heterocycles. The van der Waals surface area contributed by atoms with Crippen LogP contribution >= 0.6 is 0 Å². The van der Waals surface area contributed by atoms with Crippen LogP contribution in [-0.4, -0.2) is 44.1 Å². The lowest BCUT2D eigenvalue weighted by Crippen LogP contribution is -2.27. The van der Waals surface area contributed by atoms with Crippen LogP contribution in [0.3, 0.4) is 0 Å². The van der Waals surface area contributed by atoms with Gasteiger partial charge < -0.3 is 14.0 Å². The van der Waals surface area contributed by atoms with Gasteiger partial charge in [-0.3, -0.25) is 0 Å². The zero-order chi connectivity index (χ0) is 20.3. The van der Waals surface area contributed by atoms with Crippen LogP contribution in [0.2, 0.25) is 0 Å². The first-order valence-electron chi connectivity index (χ1n) is 8.43. The number of hydrogen-bond donors (Lipinski definition) is 0. The first-order chi connectivity index (χ1) is 13.4. The predicted octanol–water partition coefficient (Wildman–Crippen LogP) is 2.88. The molecule has 2 aromatic carbocycles. The van der Waals surface area contributed by atoms with Crippen molar-refractivity contribution < 1.29 is 22.4 Å². The van der Waals surface area contributed by atoms with Gasteiger partial charge in [-0.2, -0.15) is 9.29 Å². The quantitative estimate of drug-likeness (QED) is 0.599. The number of methoxy groups -OCH3 is 2. The van der Waals surface area contributed by atoms with Gasteiger partial charge in [0, 0.05) is 18.7 Å². The Morgan fingerprint density at radius 3 is 2.54 bits per heavy atom. The maximum atomic E-state index is 13.0. The molecule has 0 saturated carbocycles. The molecule has 0 bridgehead atoms. The van der Waals surface area contributed by atoms with Crippen LogP contribution in [0.1, 0.15) is 11.5 Å². The highest BCUT2D eigenvalue weighted by Gasteiger charge is 2.27. The molecule has 0 radical (unpaired) electrons. The molecule has 3 rings (SSSR count). The van der Waals surface area contributed by atoms with E-state index in [1.165, 1.54) is 27.3 Å². The molecule has 28 heavy (non-hydrogen) atoms. The molecule has 1 aromatic heterocycles. The molecule has 0 spiro atoms. The summed E-state index contributed by atoms with van der Waals surface area (Å²) in [7, 11) is 0.437. The van der Waals surface area contributed by atoms with Gasteiger partial charge in [-0.05, 0) is 24.6 Å². The second kappa shape index (κ2) is 7.99. The maximum absolute atomic E-state index is 13.0. The molecule has 0 unspecified atom stereocenters. The number of sulfonamides is 1. The third-order valence-electron chi connectivity index (χ3n) is 4.27. The SMILES string of the molecule is COc1ccc(OC)c(S(=O)(=O)N(C)Cc2nc(-c3ccccc3C)no2)c1. The molecule has 9 heteroatoms. The molecule has 8 nitrogen and oxygen atoms in total. The largest absolute Gasteiger partial charge is 0.497 e. The Balaban J connectivity index is 1.87. The van der Waals surface area contributed by atoms with Crippen molar-refractivity contribution in [2.45, 2.75) is 18.4 Å². The van der Waals surface area contributed by atoms with Crippen molar-refractivity contribution in [2.24, 2.45) is 0 Å². The minimum atomic E-state index is -3.88. The van der Waals surface area contributed by atoms with Crippen molar-refractivity contribution in [3.63, 3.8) is 0 Å². The molecule has 1 heterocycles. The Bertz CT molecular complexity index is 1080. The third-order valence-corrected chi connectivity index (χ3v) is 6.10. The second-order valence-corrected chi connectivity index (χ2v) is 8.12. The smallest absolute Gasteiger partial charge is 0.247 e. The summed E-state index contributed by atoms with van der Waals surface area (Å²) >= 11 is 0. The van der Waals surface area contributed by atoms with Crippen molar-refractivity contribution in [1.29, 1.82) is 0 Å². The average molecular weight is 403 g/mol. The fraction of sp³-hybridized carbons (Fsp3) is 0.263. The third kappa shape index (κ3) is 3.85. The van der Waals surface area contributed by atoms with Gasteiger partial charge >= 0.3 is 0 Å². The lowest BCUT2D eigenvalue weighted by Gasteiger charge is -2.17. The van der Waals surface area contributed by atoms with E-state index >= 15 is 0 Å². The second-order valence-electron chi connectivity index (χ2n) is 6.10. The number of aromatic nitrogens is 2. The Morgan fingerprint density at radius 1 is 1.11 bits per heavy atom. The Morgan fingerprint density at radius 2 is 1.86 bits per heavy atom. The molecule has 0 fully saturated rings. The molecule has 0 aliphatic rings. The highest BCUT2D eigenvalue weighted by atomic mass is 32.2. The van der Waals surface area contributed by atoms with E-state index in [0.717, 1.165) is 15.4 Å². The first-order valence-corrected chi connectivity index (χ1v) is 9.87. The molecule has 0 atom stereocenters. The lowest BCUT2D eigenvalue weighted by molar-refractivity contribution is 0.335. The van der Waals surface area contributed by atoms with Crippen LogP contribution in [0.4, 0.5) is 0 Å². The van der Waals surface area contributed by atoms with Gasteiger partial charge in [-0.25, -0.2) is 8.42 Å². The van der Waals surface area contributed by atoms with Crippen molar-refractivity contribution >= 4 is 10.0 Å². The number of benzene rings is 2. The molecule has 0 amide bonds. The van der Waals surface area contributed by atoms with E-state index in [2.05, 4.69) is 10.1 Å². The highest BCUT2D eigenvalue weighted by Crippen LogP contribution is 2.30. The molecular formula is C19H21N3O5S. The maximum Gasteiger partial charge on any atom is 0.247 e. The fourth-order valence-electron chi connectivity index (χ4n) is 2.68. The highest BCUT2D eigenvalue weighted by molar-refractivity contribution is 7.89. The van der Waals surface area contributed by atoms with Gasteiger partial charge in [-0.1, -0.05) is 29.4 Å². The van der Waals surface area contributed by atoms with Gasteiger partial charge in [0.25, 0.3) is 0 Å². The van der Waals surface area contributed by atoms with Crippen molar-refractivity contribution in [1.82, 2.24) is 14.4 Å². The topological polar surface area (TPSA) is 94.8 Å². The molecular weight excluding hydrogens is 382 g/mol. The summed E-state index contributed by atoms with van der Waals surface area (Å²) in [5.74, 6) is 1.23. The van der Waals surface area contributed by atoms with E-state index in [1.807, 2.05) is 31.2 Å². The molecule has 0 aliphatic heterocycles. The fourth-order valence-corrected chi connectivity index (χ4v) is 3.97. The van der Waals surface area contributed by atoms with Crippen LogP contribution < -0.4 is 9.47 Å². The van der Waals surface area contributed by atoms with Crippen LogP contribution in [0.5, 0.6) is 11.5 Å². The summed E-state index contributed by atoms with van der Waals surface area (Å²) < 4.78 is 42.7. The average Bonchev–Trinajstić information content (AvgIpc) is 3.15. The summed E-state index contributed by atoms with van der Waals surface area (Å²) in [6.07, 6.45) is 0. The minimum Gasteiger partial charge on any atom is -0.497 e. The van der Waals surface area contributed by atoms with E-state index in [1.54, 1.807) is 12.1 Å². The van der Waals surface area contributed by atoms with Crippen molar-refractivity contribution in [3.8, 4) is 22.9 Å². The Labute approximate surface area is 163 Å². The first kappa shape index (κ1) is 19.8. The van der Waals surface area contributed by atoms with E-state index in [4.69, 9.17) is 14.0 Å². The van der Waals surface area contributed by atoms with Gasteiger partial charge in [-0.15, -0.1) is 0 Å².